The van der Waals surface area contributed by atoms with Crippen LogP contribution in [0.25, 0.3) is 0 Å². The Balaban J connectivity index is 1.64. The Labute approximate surface area is 188 Å². The van der Waals surface area contributed by atoms with Gasteiger partial charge in [0.25, 0.3) is 0 Å². The van der Waals surface area contributed by atoms with E-state index in [1.165, 1.54) is 7.11 Å². The van der Waals surface area contributed by atoms with E-state index in [-0.39, 0.29) is 12.2 Å². The molecule has 3 saturated heterocycles. The molecule has 3 fully saturated rings. The summed E-state index contributed by atoms with van der Waals surface area (Å²) in [6, 6.07) is 0. The van der Waals surface area contributed by atoms with Crippen molar-refractivity contribution < 1.29 is 53.2 Å². The van der Waals surface area contributed by atoms with Crippen LogP contribution in [-0.2, 0) is 37.9 Å². The Morgan fingerprint density at radius 2 is 1.22 bits per heavy atom. The van der Waals surface area contributed by atoms with Crippen LogP contribution in [0.1, 0.15) is 33.6 Å². The van der Waals surface area contributed by atoms with Crippen molar-refractivity contribution in [2.45, 2.75) is 114 Å². The van der Waals surface area contributed by atoms with Gasteiger partial charge in [-0.25, -0.2) is 0 Å². The molecule has 0 aromatic heterocycles. The summed E-state index contributed by atoms with van der Waals surface area (Å²) < 4.78 is 45.9. The lowest BCUT2D eigenvalue weighted by molar-refractivity contribution is -0.350. The fourth-order valence-electron chi connectivity index (χ4n) is 4.68. The van der Waals surface area contributed by atoms with Gasteiger partial charge in [0.05, 0.1) is 30.5 Å². The SMILES string of the molecule is CO[C@H]1[C@@H](O)[C@H](O[C@@H]2[C@@H](C)O[C@@H](O[C@H]3[C@@H](OC)CC(O)O[C@@H]3C)C[C@H]2OC)O[C@H](C)[C@H]1O. The van der Waals surface area contributed by atoms with Crippen LogP contribution in [0.4, 0.5) is 0 Å². The molecule has 0 aromatic carbocycles. The van der Waals surface area contributed by atoms with Crippen LogP contribution >= 0.6 is 0 Å². The van der Waals surface area contributed by atoms with E-state index in [0.717, 1.165) is 0 Å². The largest absolute Gasteiger partial charge is 0.388 e. The lowest BCUT2D eigenvalue weighted by atomic mass is 9.98. The Morgan fingerprint density at radius 1 is 0.625 bits per heavy atom. The molecule has 3 heterocycles. The molecule has 3 aliphatic heterocycles. The number of ether oxygens (including phenoxy) is 8. The summed E-state index contributed by atoms with van der Waals surface area (Å²) in [7, 11) is 4.55. The van der Waals surface area contributed by atoms with Gasteiger partial charge in [0.15, 0.2) is 18.9 Å². The summed E-state index contributed by atoms with van der Waals surface area (Å²) in [4.78, 5) is 0. The third-order valence-corrected chi connectivity index (χ3v) is 6.51. The molecule has 1 unspecified atom stereocenters. The first-order valence-corrected chi connectivity index (χ1v) is 11.1. The quantitative estimate of drug-likeness (QED) is 0.449. The molecule has 188 valence electrons. The van der Waals surface area contributed by atoms with Crippen molar-refractivity contribution in [3.05, 3.63) is 0 Å². The zero-order valence-corrected chi connectivity index (χ0v) is 19.5. The minimum absolute atomic E-state index is 0.300. The van der Waals surface area contributed by atoms with Crippen molar-refractivity contribution >= 4 is 0 Å². The van der Waals surface area contributed by atoms with Crippen LogP contribution < -0.4 is 0 Å². The predicted octanol–water partition coefficient (Wildman–Crippen LogP) is -0.469. The van der Waals surface area contributed by atoms with Gasteiger partial charge in [-0.05, 0) is 20.8 Å². The third-order valence-electron chi connectivity index (χ3n) is 6.51. The molecule has 0 spiro atoms. The molecule has 3 aliphatic rings. The number of aliphatic hydroxyl groups excluding tert-OH is 3. The third kappa shape index (κ3) is 5.61. The first-order valence-electron chi connectivity index (χ1n) is 11.1. The minimum Gasteiger partial charge on any atom is -0.388 e. The summed E-state index contributed by atoms with van der Waals surface area (Å²) in [5.41, 5.74) is 0. The van der Waals surface area contributed by atoms with Crippen molar-refractivity contribution in [2.24, 2.45) is 0 Å². The second kappa shape index (κ2) is 11.3. The lowest BCUT2D eigenvalue weighted by Gasteiger charge is -2.46. The minimum atomic E-state index is -1.18. The molecule has 3 rings (SSSR count). The zero-order valence-electron chi connectivity index (χ0n) is 19.5. The fourth-order valence-corrected chi connectivity index (χ4v) is 4.68. The van der Waals surface area contributed by atoms with Gasteiger partial charge >= 0.3 is 0 Å². The molecule has 13 atom stereocenters. The average Bonchev–Trinajstić information content (AvgIpc) is 2.75. The highest BCUT2D eigenvalue weighted by atomic mass is 16.7. The van der Waals surface area contributed by atoms with Crippen molar-refractivity contribution in [1.29, 1.82) is 0 Å². The lowest BCUT2D eigenvalue weighted by Crippen LogP contribution is -2.61. The van der Waals surface area contributed by atoms with Gasteiger partial charge in [0.2, 0.25) is 0 Å². The summed E-state index contributed by atoms with van der Waals surface area (Å²) in [5.74, 6) is 0. The normalized spacial score (nSPS) is 50.3. The standard InChI is InChI=1S/C21H38O11/c1-9-16(23)20(27-6)17(24)21(30-9)32-19-11(3)29-15(8-13(19)26-5)31-18-10(2)28-14(22)7-12(18)25-4/h9-24H,7-8H2,1-6H3/t9-,10-,11-,12+,13-,14?,15+,16-,17-,18-,19-,20-,21+/m1/s1. The zero-order chi connectivity index (χ0) is 23.6. The second-order valence-corrected chi connectivity index (χ2v) is 8.68. The summed E-state index contributed by atoms with van der Waals surface area (Å²) >= 11 is 0. The van der Waals surface area contributed by atoms with Crippen LogP contribution in [0.15, 0.2) is 0 Å². The molecule has 3 N–H and O–H groups in total. The van der Waals surface area contributed by atoms with E-state index in [1.807, 2.05) is 13.8 Å². The van der Waals surface area contributed by atoms with Gasteiger partial charge in [0, 0.05) is 34.2 Å². The number of aliphatic hydroxyl groups is 3. The summed E-state index contributed by atoms with van der Waals surface area (Å²) in [6.07, 6.45) is -8.01. The van der Waals surface area contributed by atoms with E-state index in [0.29, 0.717) is 12.8 Å². The van der Waals surface area contributed by atoms with Gasteiger partial charge in [-0.3, -0.25) is 0 Å². The molecule has 0 aliphatic carbocycles. The van der Waals surface area contributed by atoms with Crippen molar-refractivity contribution in [2.75, 3.05) is 21.3 Å². The molecule has 0 radical (unpaired) electrons. The maximum Gasteiger partial charge on any atom is 0.187 e. The Morgan fingerprint density at radius 3 is 1.84 bits per heavy atom. The number of hydrogen-bond donors (Lipinski definition) is 3. The second-order valence-electron chi connectivity index (χ2n) is 8.68. The van der Waals surface area contributed by atoms with Crippen molar-refractivity contribution in [3.8, 4) is 0 Å². The molecule has 0 amide bonds. The topological polar surface area (TPSA) is 135 Å². The summed E-state index contributed by atoms with van der Waals surface area (Å²) in [5, 5.41) is 30.6. The maximum atomic E-state index is 10.6. The Kier molecular flexibility index (Phi) is 9.26. The van der Waals surface area contributed by atoms with Gasteiger partial charge in [-0.2, -0.15) is 0 Å². The van der Waals surface area contributed by atoms with Crippen molar-refractivity contribution in [1.82, 2.24) is 0 Å². The van der Waals surface area contributed by atoms with E-state index in [1.54, 1.807) is 21.1 Å². The van der Waals surface area contributed by atoms with E-state index in [9.17, 15) is 15.3 Å². The van der Waals surface area contributed by atoms with Crippen LogP contribution in [0.3, 0.4) is 0 Å². The predicted molar refractivity (Wildman–Crippen MR) is 109 cm³/mol. The Hall–Kier alpha value is -0.440. The van der Waals surface area contributed by atoms with Gasteiger partial charge in [0.1, 0.15) is 30.5 Å². The van der Waals surface area contributed by atoms with E-state index >= 15 is 0 Å². The molecular weight excluding hydrogens is 428 g/mol. The average molecular weight is 467 g/mol. The molecule has 11 nitrogen and oxygen atoms in total. The highest BCUT2D eigenvalue weighted by Crippen LogP contribution is 2.33. The van der Waals surface area contributed by atoms with Crippen LogP contribution in [0.2, 0.25) is 0 Å². The van der Waals surface area contributed by atoms with Gasteiger partial charge in [-0.1, -0.05) is 0 Å². The molecule has 0 aromatic rings. The van der Waals surface area contributed by atoms with Crippen LogP contribution in [-0.4, -0.2) is 117 Å². The first-order chi connectivity index (χ1) is 15.2. The highest BCUT2D eigenvalue weighted by Gasteiger charge is 2.48. The van der Waals surface area contributed by atoms with E-state index in [2.05, 4.69) is 0 Å². The van der Waals surface area contributed by atoms with E-state index in [4.69, 9.17) is 37.9 Å². The number of hydrogen-bond acceptors (Lipinski definition) is 11. The number of methoxy groups -OCH3 is 3. The molecule has 0 bridgehead atoms. The van der Waals surface area contributed by atoms with Crippen LogP contribution in [0, 0.1) is 0 Å². The number of rotatable bonds is 7. The summed E-state index contributed by atoms with van der Waals surface area (Å²) in [6.45, 7) is 5.33. The van der Waals surface area contributed by atoms with Gasteiger partial charge in [-0.15, -0.1) is 0 Å². The molecule has 11 heteroatoms. The molecule has 32 heavy (non-hydrogen) atoms. The Bertz CT molecular complexity index is 580. The smallest absolute Gasteiger partial charge is 0.187 e. The monoisotopic (exact) mass is 466 g/mol. The molecule has 0 saturated carbocycles. The van der Waals surface area contributed by atoms with Crippen molar-refractivity contribution in [3.63, 3.8) is 0 Å². The molecular formula is C21H38O11. The fraction of sp³-hybridized carbons (Fsp3) is 1.00. The van der Waals surface area contributed by atoms with Crippen LogP contribution in [0.5, 0.6) is 0 Å². The van der Waals surface area contributed by atoms with Gasteiger partial charge < -0.3 is 53.2 Å². The van der Waals surface area contributed by atoms with E-state index < -0.39 is 67.7 Å². The maximum absolute atomic E-state index is 10.6. The first kappa shape index (κ1) is 26.2. The highest BCUT2D eigenvalue weighted by molar-refractivity contribution is 4.91.